The molecule has 20 heavy (non-hydrogen) atoms. The highest BCUT2D eigenvalue weighted by Crippen LogP contribution is 2.27. The first-order chi connectivity index (χ1) is 9.15. The summed E-state index contributed by atoms with van der Waals surface area (Å²) in [6, 6.07) is 4.91. The van der Waals surface area contributed by atoms with Gasteiger partial charge < -0.3 is 10.6 Å². The van der Waals surface area contributed by atoms with Crippen LogP contribution in [-0.4, -0.2) is 25.5 Å². The number of hydrogen-bond acceptors (Lipinski definition) is 2. The third-order valence-corrected chi connectivity index (χ3v) is 3.74. The summed E-state index contributed by atoms with van der Waals surface area (Å²) in [5.41, 5.74) is 1.000. The fraction of sp³-hybridized carbons (Fsp3) is 0.500. The highest BCUT2D eigenvalue weighted by atomic mass is 79.9. The Balaban J connectivity index is 0.00000200. The number of carbonyl (C=O) groups is 1. The summed E-state index contributed by atoms with van der Waals surface area (Å²) in [6.07, 6.45) is 3.27. The van der Waals surface area contributed by atoms with E-state index in [1.54, 1.807) is 12.1 Å². The number of amides is 1. The average Bonchev–Trinajstić information content (AvgIpc) is 3.18. The molecule has 2 N–H and O–H groups in total. The Bertz CT molecular complexity index is 455. The molecule has 6 heteroatoms. The van der Waals surface area contributed by atoms with Crippen LogP contribution in [0.3, 0.4) is 0 Å². The molecule has 112 valence electrons. The van der Waals surface area contributed by atoms with Gasteiger partial charge in [0.25, 0.3) is 0 Å². The monoisotopic (exact) mass is 364 g/mol. The SMILES string of the molecule is Cl.O=C(CNCC1CC1)NCCc1ccc(F)c(Br)c1. The molecule has 1 aromatic carbocycles. The van der Waals surface area contributed by atoms with Gasteiger partial charge in [-0.25, -0.2) is 4.39 Å². The summed E-state index contributed by atoms with van der Waals surface area (Å²) in [5, 5.41) is 5.99. The summed E-state index contributed by atoms with van der Waals surface area (Å²) in [5.74, 6) is 0.531. The van der Waals surface area contributed by atoms with Crippen LogP contribution in [0.4, 0.5) is 4.39 Å². The van der Waals surface area contributed by atoms with Crippen LogP contribution >= 0.6 is 28.3 Å². The second kappa shape index (κ2) is 8.60. The standard InChI is InChI=1S/C14H18BrFN2O.ClH/c15-12-7-10(3-4-13(12)16)5-6-18-14(19)9-17-8-11-1-2-11;/h3-4,7,11,17H,1-2,5-6,8-9H2,(H,18,19);1H. The molecule has 0 unspecified atom stereocenters. The van der Waals surface area contributed by atoms with Gasteiger partial charge in [0.15, 0.2) is 0 Å². The van der Waals surface area contributed by atoms with Crippen molar-refractivity contribution >= 4 is 34.2 Å². The summed E-state index contributed by atoms with van der Waals surface area (Å²) in [6.45, 7) is 1.89. The first-order valence-electron chi connectivity index (χ1n) is 6.56. The molecule has 1 aromatic rings. The van der Waals surface area contributed by atoms with Gasteiger partial charge in [0.05, 0.1) is 11.0 Å². The third kappa shape index (κ3) is 6.20. The molecule has 1 fully saturated rings. The van der Waals surface area contributed by atoms with Gasteiger partial charge in [-0.1, -0.05) is 6.07 Å². The van der Waals surface area contributed by atoms with E-state index >= 15 is 0 Å². The van der Waals surface area contributed by atoms with Crippen molar-refractivity contribution < 1.29 is 9.18 Å². The van der Waals surface area contributed by atoms with Crippen LogP contribution in [0.15, 0.2) is 22.7 Å². The minimum Gasteiger partial charge on any atom is -0.355 e. The zero-order valence-electron chi connectivity index (χ0n) is 11.1. The number of carbonyl (C=O) groups excluding carboxylic acids is 1. The lowest BCUT2D eigenvalue weighted by molar-refractivity contribution is -0.120. The Morgan fingerprint density at radius 2 is 2.15 bits per heavy atom. The minimum atomic E-state index is -0.267. The van der Waals surface area contributed by atoms with E-state index in [-0.39, 0.29) is 24.1 Å². The van der Waals surface area contributed by atoms with E-state index in [1.165, 1.54) is 18.9 Å². The number of nitrogens with one attached hydrogen (secondary N) is 2. The Hall–Kier alpha value is -0.650. The van der Waals surface area contributed by atoms with E-state index in [0.717, 1.165) is 18.0 Å². The molecule has 1 aliphatic rings. The van der Waals surface area contributed by atoms with Crippen LogP contribution in [0, 0.1) is 11.7 Å². The van der Waals surface area contributed by atoms with Gasteiger partial charge in [0.2, 0.25) is 5.91 Å². The quantitative estimate of drug-likeness (QED) is 0.780. The number of rotatable bonds is 7. The molecule has 0 atom stereocenters. The normalized spacial score (nSPS) is 13.7. The van der Waals surface area contributed by atoms with Crippen LogP contribution < -0.4 is 10.6 Å². The molecule has 0 bridgehead atoms. The van der Waals surface area contributed by atoms with Gasteiger partial charge in [0.1, 0.15) is 5.82 Å². The molecule has 1 aliphatic carbocycles. The van der Waals surface area contributed by atoms with E-state index < -0.39 is 0 Å². The Kier molecular flexibility index (Phi) is 7.48. The molecule has 0 heterocycles. The smallest absolute Gasteiger partial charge is 0.233 e. The molecular weight excluding hydrogens is 347 g/mol. The van der Waals surface area contributed by atoms with Crippen molar-refractivity contribution in [3.05, 3.63) is 34.1 Å². The minimum absolute atomic E-state index is 0. The molecule has 0 aromatic heterocycles. The summed E-state index contributed by atoms with van der Waals surface area (Å²) < 4.78 is 13.5. The second-order valence-corrected chi connectivity index (χ2v) is 5.78. The van der Waals surface area contributed by atoms with Crippen molar-refractivity contribution in [2.24, 2.45) is 5.92 Å². The number of hydrogen-bond donors (Lipinski definition) is 2. The van der Waals surface area contributed by atoms with Crippen LogP contribution in [-0.2, 0) is 11.2 Å². The molecule has 1 amide bonds. The van der Waals surface area contributed by atoms with E-state index in [2.05, 4.69) is 26.6 Å². The molecule has 2 rings (SSSR count). The number of halogens is 3. The van der Waals surface area contributed by atoms with Crippen LogP contribution in [0.2, 0.25) is 0 Å². The molecule has 0 spiro atoms. The molecule has 3 nitrogen and oxygen atoms in total. The Morgan fingerprint density at radius 1 is 1.40 bits per heavy atom. The summed E-state index contributed by atoms with van der Waals surface area (Å²) in [4.78, 5) is 11.5. The van der Waals surface area contributed by atoms with E-state index in [1.807, 2.05) is 0 Å². The largest absolute Gasteiger partial charge is 0.355 e. The Labute approximate surface area is 133 Å². The zero-order valence-corrected chi connectivity index (χ0v) is 13.5. The third-order valence-electron chi connectivity index (χ3n) is 3.14. The van der Waals surface area contributed by atoms with E-state index in [9.17, 15) is 9.18 Å². The predicted octanol–water partition coefficient (Wildman–Crippen LogP) is 2.67. The highest BCUT2D eigenvalue weighted by Gasteiger charge is 2.20. The van der Waals surface area contributed by atoms with Gasteiger partial charge in [-0.3, -0.25) is 4.79 Å². The maximum Gasteiger partial charge on any atom is 0.233 e. The van der Waals surface area contributed by atoms with Crippen LogP contribution in [0.25, 0.3) is 0 Å². The fourth-order valence-electron chi connectivity index (χ4n) is 1.82. The zero-order chi connectivity index (χ0) is 13.7. The predicted molar refractivity (Wildman–Crippen MR) is 83.7 cm³/mol. The average molecular weight is 366 g/mol. The van der Waals surface area contributed by atoms with E-state index in [4.69, 9.17) is 0 Å². The molecule has 0 aliphatic heterocycles. The lowest BCUT2D eigenvalue weighted by Gasteiger charge is -2.07. The van der Waals surface area contributed by atoms with Crippen molar-refractivity contribution in [1.29, 1.82) is 0 Å². The number of benzene rings is 1. The van der Waals surface area contributed by atoms with Crippen molar-refractivity contribution in [3.63, 3.8) is 0 Å². The van der Waals surface area contributed by atoms with Crippen molar-refractivity contribution in [2.45, 2.75) is 19.3 Å². The fourth-order valence-corrected chi connectivity index (χ4v) is 2.24. The van der Waals surface area contributed by atoms with Gasteiger partial charge in [0, 0.05) is 6.54 Å². The summed E-state index contributed by atoms with van der Waals surface area (Å²) in [7, 11) is 0. The summed E-state index contributed by atoms with van der Waals surface area (Å²) >= 11 is 3.15. The van der Waals surface area contributed by atoms with Gasteiger partial charge in [-0.2, -0.15) is 0 Å². The highest BCUT2D eigenvalue weighted by molar-refractivity contribution is 9.10. The van der Waals surface area contributed by atoms with Crippen LogP contribution in [0.5, 0.6) is 0 Å². The van der Waals surface area contributed by atoms with Crippen molar-refractivity contribution in [2.75, 3.05) is 19.6 Å². The van der Waals surface area contributed by atoms with Gasteiger partial charge >= 0.3 is 0 Å². The van der Waals surface area contributed by atoms with Gasteiger partial charge in [-0.05, 0) is 65.4 Å². The molecule has 1 saturated carbocycles. The van der Waals surface area contributed by atoms with Gasteiger partial charge in [-0.15, -0.1) is 12.4 Å². The second-order valence-electron chi connectivity index (χ2n) is 4.92. The lowest BCUT2D eigenvalue weighted by atomic mass is 10.1. The lowest BCUT2D eigenvalue weighted by Crippen LogP contribution is -2.35. The molecule has 0 saturated heterocycles. The first-order valence-corrected chi connectivity index (χ1v) is 7.36. The molecule has 0 radical (unpaired) electrons. The van der Waals surface area contributed by atoms with Crippen molar-refractivity contribution in [3.8, 4) is 0 Å². The maximum atomic E-state index is 13.0. The first kappa shape index (κ1) is 17.4. The molecular formula is C14H19BrClFN2O. The van der Waals surface area contributed by atoms with Crippen molar-refractivity contribution in [1.82, 2.24) is 10.6 Å². The van der Waals surface area contributed by atoms with E-state index in [0.29, 0.717) is 24.0 Å². The topological polar surface area (TPSA) is 41.1 Å². The maximum absolute atomic E-state index is 13.0. The Morgan fingerprint density at radius 3 is 2.80 bits per heavy atom. The van der Waals surface area contributed by atoms with Crippen LogP contribution in [0.1, 0.15) is 18.4 Å².